The van der Waals surface area contributed by atoms with Gasteiger partial charge in [0.25, 0.3) is 0 Å². The summed E-state index contributed by atoms with van der Waals surface area (Å²) >= 11 is 5.44. The zero-order valence-electron chi connectivity index (χ0n) is 10.8. The first-order chi connectivity index (χ1) is 9.71. The molecule has 0 spiro atoms. The zero-order chi connectivity index (χ0) is 14.4. The van der Waals surface area contributed by atoms with Crippen LogP contribution in [0, 0.1) is 0 Å². The fourth-order valence-electron chi connectivity index (χ4n) is 1.48. The van der Waals surface area contributed by atoms with Crippen LogP contribution in [0.5, 0.6) is 11.6 Å². The molecule has 2 N–H and O–H groups in total. The third-order valence-electron chi connectivity index (χ3n) is 2.36. The van der Waals surface area contributed by atoms with Gasteiger partial charge < -0.3 is 15.4 Å². The summed E-state index contributed by atoms with van der Waals surface area (Å²) in [7, 11) is 1.76. The molecular weight excluding hydrogens is 280 g/mol. The molecule has 6 nitrogen and oxygen atoms in total. The predicted molar refractivity (Wildman–Crippen MR) is 77.4 cm³/mol. The molecule has 1 aromatic heterocycles. The van der Waals surface area contributed by atoms with E-state index in [2.05, 4.69) is 20.6 Å². The molecule has 2 rings (SSSR count). The van der Waals surface area contributed by atoms with Gasteiger partial charge >= 0.3 is 0 Å². The summed E-state index contributed by atoms with van der Waals surface area (Å²) in [4.78, 5) is 19.2. The van der Waals surface area contributed by atoms with Gasteiger partial charge in [-0.15, -0.1) is 11.6 Å². The van der Waals surface area contributed by atoms with E-state index in [1.54, 1.807) is 37.4 Å². The minimum atomic E-state index is -0.275. The van der Waals surface area contributed by atoms with E-state index in [-0.39, 0.29) is 11.8 Å². The number of nitrogens with one attached hydrogen (secondary N) is 2. The molecule has 0 saturated carbocycles. The fraction of sp³-hybridized carbons (Fsp3) is 0.154. The Balaban J connectivity index is 2.12. The molecule has 0 bridgehead atoms. The Hall–Kier alpha value is -2.34. The second kappa shape index (κ2) is 6.72. The number of aromatic nitrogens is 2. The maximum Gasteiger partial charge on any atom is 0.239 e. The number of nitrogens with zero attached hydrogens (tertiary/aromatic N) is 2. The van der Waals surface area contributed by atoms with E-state index in [0.29, 0.717) is 23.1 Å². The number of anilines is 2. The summed E-state index contributed by atoms with van der Waals surface area (Å²) in [6.45, 7) is 0. The summed E-state index contributed by atoms with van der Waals surface area (Å²) in [6, 6.07) is 8.63. The SMILES string of the molecule is CNc1cc(Oc2cccc(NC(=O)CCl)c2)ncn1. The number of amides is 1. The van der Waals surface area contributed by atoms with Crippen molar-refractivity contribution in [3.8, 4) is 11.6 Å². The van der Waals surface area contributed by atoms with Crippen LogP contribution < -0.4 is 15.4 Å². The molecule has 1 aromatic carbocycles. The molecule has 0 aliphatic rings. The van der Waals surface area contributed by atoms with E-state index in [4.69, 9.17) is 16.3 Å². The topological polar surface area (TPSA) is 76.1 Å². The first-order valence-electron chi connectivity index (χ1n) is 5.85. The fourth-order valence-corrected chi connectivity index (χ4v) is 1.55. The average Bonchev–Trinajstić information content (AvgIpc) is 2.47. The van der Waals surface area contributed by atoms with Crippen molar-refractivity contribution >= 4 is 29.0 Å². The van der Waals surface area contributed by atoms with Gasteiger partial charge in [0.05, 0.1) is 0 Å². The number of hydrogen-bond acceptors (Lipinski definition) is 5. The smallest absolute Gasteiger partial charge is 0.239 e. The molecular formula is C13H13ClN4O2. The molecule has 0 unspecified atom stereocenters. The maximum absolute atomic E-state index is 11.2. The number of carbonyl (C=O) groups is 1. The molecule has 0 aliphatic heterocycles. The number of alkyl halides is 1. The molecule has 0 saturated heterocycles. The van der Waals surface area contributed by atoms with Crippen molar-refractivity contribution in [1.82, 2.24) is 9.97 Å². The van der Waals surface area contributed by atoms with Crippen LogP contribution in [0.1, 0.15) is 0 Å². The van der Waals surface area contributed by atoms with Crippen molar-refractivity contribution < 1.29 is 9.53 Å². The first-order valence-corrected chi connectivity index (χ1v) is 6.38. The van der Waals surface area contributed by atoms with Crippen molar-refractivity contribution in [2.24, 2.45) is 0 Å². The van der Waals surface area contributed by atoms with Crippen molar-refractivity contribution in [2.75, 3.05) is 23.6 Å². The van der Waals surface area contributed by atoms with Crippen molar-refractivity contribution in [3.63, 3.8) is 0 Å². The molecule has 20 heavy (non-hydrogen) atoms. The Kier molecular flexibility index (Phi) is 4.73. The van der Waals surface area contributed by atoms with E-state index in [1.165, 1.54) is 6.33 Å². The van der Waals surface area contributed by atoms with E-state index >= 15 is 0 Å². The van der Waals surface area contributed by atoms with E-state index in [1.807, 2.05) is 0 Å². The van der Waals surface area contributed by atoms with Crippen LogP contribution in [0.3, 0.4) is 0 Å². The van der Waals surface area contributed by atoms with Gasteiger partial charge in [0.1, 0.15) is 23.8 Å². The Morgan fingerprint density at radius 1 is 1.35 bits per heavy atom. The highest BCUT2D eigenvalue weighted by atomic mass is 35.5. The quantitative estimate of drug-likeness (QED) is 0.828. The molecule has 1 heterocycles. The standard InChI is InChI=1S/C13H13ClN4O2/c1-15-11-6-13(17-8-16-11)20-10-4-2-3-9(5-10)18-12(19)7-14/h2-6,8H,7H2,1H3,(H,18,19)(H,15,16,17). The number of halogens is 1. The van der Waals surface area contributed by atoms with Gasteiger partial charge in [-0.3, -0.25) is 4.79 Å². The number of ether oxygens (including phenoxy) is 1. The highest BCUT2D eigenvalue weighted by Gasteiger charge is 2.04. The summed E-state index contributed by atoms with van der Waals surface area (Å²) in [5.41, 5.74) is 0.607. The lowest BCUT2D eigenvalue weighted by molar-refractivity contribution is -0.113. The second-order valence-electron chi connectivity index (χ2n) is 3.80. The lowest BCUT2D eigenvalue weighted by Crippen LogP contribution is -2.12. The lowest BCUT2D eigenvalue weighted by Gasteiger charge is -2.08. The molecule has 7 heteroatoms. The van der Waals surface area contributed by atoms with Crippen LogP contribution >= 0.6 is 11.6 Å². The van der Waals surface area contributed by atoms with Gasteiger partial charge in [0, 0.05) is 24.9 Å². The Bertz CT molecular complexity index is 606. The van der Waals surface area contributed by atoms with Crippen LogP contribution in [0.15, 0.2) is 36.7 Å². The summed E-state index contributed by atoms with van der Waals surface area (Å²) in [6.07, 6.45) is 1.40. The molecule has 0 radical (unpaired) electrons. The molecule has 2 aromatic rings. The Morgan fingerprint density at radius 3 is 2.95 bits per heavy atom. The number of rotatable bonds is 5. The molecule has 104 valence electrons. The molecule has 0 fully saturated rings. The summed E-state index contributed by atoms with van der Waals surface area (Å²) in [5, 5.41) is 5.54. The van der Waals surface area contributed by atoms with E-state index in [0.717, 1.165) is 0 Å². The van der Waals surface area contributed by atoms with Crippen molar-refractivity contribution in [3.05, 3.63) is 36.7 Å². The zero-order valence-corrected chi connectivity index (χ0v) is 11.5. The van der Waals surface area contributed by atoms with Crippen LogP contribution in [0.4, 0.5) is 11.5 Å². The normalized spacial score (nSPS) is 9.90. The highest BCUT2D eigenvalue weighted by Crippen LogP contribution is 2.23. The van der Waals surface area contributed by atoms with Gasteiger partial charge in [-0.05, 0) is 12.1 Å². The maximum atomic E-state index is 11.2. The first kappa shape index (κ1) is 14.1. The largest absolute Gasteiger partial charge is 0.439 e. The van der Waals surface area contributed by atoms with Gasteiger partial charge in [0.2, 0.25) is 11.8 Å². The number of benzene rings is 1. The van der Waals surface area contributed by atoms with Gasteiger partial charge in [-0.1, -0.05) is 6.07 Å². The van der Waals surface area contributed by atoms with Crippen LogP contribution in [-0.2, 0) is 4.79 Å². The van der Waals surface area contributed by atoms with Crippen LogP contribution in [0.2, 0.25) is 0 Å². The Morgan fingerprint density at radius 2 is 2.20 bits per heavy atom. The van der Waals surface area contributed by atoms with Crippen molar-refractivity contribution in [1.29, 1.82) is 0 Å². The predicted octanol–water partition coefficient (Wildman–Crippen LogP) is 2.49. The Labute approximate surface area is 121 Å². The molecule has 1 amide bonds. The van der Waals surface area contributed by atoms with Crippen LogP contribution in [0.25, 0.3) is 0 Å². The second-order valence-corrected chi connectivity index (χ2v) is 4.07. The van der Waals surface area contributed by atoms with Crippen molar-refractivity contribution in [2.45, 2.75) is 0 Å². The summed E-state index contributed by atoms with van der Waals surface area (Å²) in [5.74, 6) is 1.25. The molecule has 0 aliphatic carbocycles. The van der Waals surface area contributed by atoms with E-state index < -0.39 is 0 Å². The van der Waals surface area contributed by atoms with E-state index in [9.17, 15) is 4.79 Å². The minimum Gasteiger partial charge on any atom is -0.439 e. The van der Waals surface area contributed by atoms with Crippen LogP contribution in [-0.4, -0.2) is 28.8 Å². The lowest BCUT2D eigenvalue weighted by atomic mass is 10.3. The van der Waals surface area contributed by atoms with Gasteiger partial charge in [0.15, 0.2) is 0 Å². The highest BCUT2D eigenvalue weighted by molar-refractivity contribution is 6.29. The third-order valence-corrected chi connectivity index (χ3v) is 2.60. The number of hydrogen-bond donors (Lipinski definition) is 2. The summed E-state index contributed by atoms with van der Waals surface area (Å²) < 4.78 is 5.60. The third kappa shape index (κ3) is 3.83. The monoisotopic (exact) mass is 292 g/mol. The van der Waals surface area contributed by atoms with Gasteiger partial charge in [-0.25, -0.2) is 9.97 Å². The van der Waals surface area contributed by atoms with Gasteiger partial charge in [-0.2, -0.15) is 0 Å². The molecule has 0 atom stereocenters. The number of carbonyl (C=O) groups excluding carboxylic acids is 1. The minimum absolute atomic E-state index is 0.0947. The average molecular weight is 293 g/mol.